The first-order chi connectivity index (χ1) is 9.30. The van der Waals surface area contributed by atoms with Gasteiger partial charge in [0.1, 0.15) is 0 Å². The van der Waals surface area contributed by atoms with Crippen LogP contribution in [0.15, 0.2) is 18.2 Å². The number of halogens is 1. The van der Waals surface area contributed by atoms with E-state index < -0.39 is 28.9 Å². The Labute approximate surface area is 122 Å². The van der Waals surface area contributed by atoms with Crippen molar-refractivity contribution in [1.29, 1.82) is 0 Å². The standard InChI is InChI=1S/C15H15ClO4/c1-4-20-14(19)11-12(17)9-7-8(16)5-6-10(9)15(2,3)13(11)18/h5-7,11H,4H2,1-3H3. The number of Topliss-reactive ketones (excluding diaryl/α,β-unsaturated/α-hetero) is 2. The Hall–Kier alpha value is -1.68. The van der Waals surface area contributed by atoms with E-state index in [0.29, 0.717) is 16.1 Å². The first-order valence-electron chi connectivity index (χ1n) is 6.36. The Morgan fingerprint density at radius 1 is 1.35 bits per heavy atom. The summed E-state index contributed by atoms with van der Waals surface area (Å²) in [4.78, 5) is 36.8. The van der Waals surface area contributed by atoms with E-state index in [4.69, 9.17) is 16.3 Å². The second kappa shape index (κ2) is 5.02. The molecule has 2 rings (SSSR count). The number of ether oxygens (including phenoxy) is 1. The third kappa shape index (κ3) is 2.14. The highest BCUT2D eigenvalue weighted by molar-refractivity contribution is 6.32. The molecule has 1 atom stereocenters. The summed E-state index contributed by atoms with van der Waals surface area (Å²) in [5.74, 6) is -3.15. The molecule has 106 valence electrons. The van der Waals surface area contributed by atoms with Crippen LogP contribution in [0, 0.1) is 5.92 Å². The van der Waals surface area contributed by atoms with E-state index in [1.807, 2.05) is 0 Å². The fourth-order valence-corrected chi connectivity index (χ4v) is 2.65. The van der Waals surface area contributed by atoms with Gasteiger partial charge in [0.25, 0.3) is 0 Å². The smallest absolute Gasteiger partial charge is 0.324 e. The first kappa shape index (κ1) is 14.7. The summed E-state index contributed by atoms with van der Waals surface area (Å²) in [6.07, 6.45) is 0. The van der Waals surface area contributed by atoms with Crippen LogP contribution in [0.4, 0.5) is 0 Å². The Balaban J connectivity index is 2.60. The Kier molecular flexibility index (Phi) is 3.69. The lowest BCUT2D eigenvalue weighted by atomic mass is 9.67. The molecule has 5 heteroatoms. The van der Waals surface area contributed by atoms with Crippen molar-refractivity contribution < 1.29 is 19.1 Å². The van der Waals surface area contributed by atoms with Gasteiger partial charge in [-0.2, -0.15) is 0 Å². The molecule has 0 saturated heterocycles. The van der Waals surface area contributed by atoms with E-state index in [9.17, 15) is 14.4 Å². The largest absolute Gasteiger partial charge is 0.465 e. The molecule has 0 radical (unpaired) electrons. The second-order valence-corrected chi connectivity index (χ2v) is 5.66. The molecule has 4 nitrogen and oxygen atoms in total. The molecule has 1 aromatic carbocycles. The number of esters is 1. The molecule has 0 fully saturated rings. The van der Waals surface area contributed by atoms with Gasteiger partial charge in [0, 0.05) is 10.6 Å². The Morgan fingerprint density at radius 2 is 2.00 bits per heavy atom. The van der Waals surface area contributed by atoms with Gasteiger partial charge in [-0.15, -0.1) is 0 Å². The van der Waals surface area contributed by atoms with Gasteiger partial charge in [0.2, 0.25) is 0 Å². The monoisotopic (exact) mass is 294 g/mol. The lowest BCUT2D eigenvalue weighted by Gasteiger charge is -2.33. The number of carbonyl (C=O) groups is 3. The van der Waals surface area contributed by atoms with Gasteiger partial charge in [-0.25, -0.2) is 0 Å². The number of ketones is 2. The molecule has 1 aliphatic carbocycles. The van der Waals surface area contributed by atoms with Crippen LogP contribution in [0.1, 0.15) is 36.7 Å². The zero-order valence-electron chi connectivity index (χ0n) is 11.5. The van der Waals surface area contributed by atoms with Crippen molar-refractivity contribution in [2.75, 3.05) is 6.61 Å². The van der Waals surface area contributed by atoms with Gasteiger partial charge in [0.15, 0.2) is 17.5 Å². The molecular weight excluding hydrogens is 280 g/mol. The second-order valence-electron chi connectivity index (χ2n) is 5.23. The molecule has 0 bridgehead atoms. The normalized spacial score (nSPS) is 20.5. The van der Waals surface area contributed by atoms with Crippen LogP contribution in [0.25, 0.3) is 0 Å². The molecule has 1 unspecified atom stereocenters. The van der Waals surface area contributed by atoms with E-state index in [2.05, 4.69) is 0 Å². The van der Waals surface area contributed by atoms with Crippen molar-refractivity contribution in [2.45, 2.75) is 26.2 Å². The first-order valence-corrected chi connectivity index (χ1v) is 6.73. The number of rotatable bonds is 2. The van der Waals surface area contributed by atoms with Crippen LogP contribution in [0.3, 0.4) is 0 Å². The Bertz CT molecular complexity index is 604. The molecular formula is C15H15ClO4. The van der Waals surface area contributed by atoms with Crippen molar-refractivity contribution in [3.8, 4) is 0 Å². The number of fused-ring (bicyclic) bond motifs is 1. The summed E-state index contributed by atoms with van der Waals surface area (Å²) < 4.78 is 4.85. The summed E-state index contributed by atoms with van der Waals surface area (Å²) in [6.45, 7) is 5.14. The van der Waals surface area contributed by atoms with Crippen molar-refractivity contribution in [3.63, 3.8) is 0 Å². The van der Waals surface area contributed by atoms with Crippen LogP contribution in [0.2, 0.25) is 5.02 Å². The maximum atomic E-state index is 12.5. The van der Waals surface area contributed by atoms with Crippen molar-refractivity contribution in [2.24, 2.45) is 5.92 Å². The number of benzene rings is 1. The summed E-state index contributed by atoms with van der Waals surface area (Å²) in [5, 5.41) is 0.393. The minimum absolute atomic E-state index is 0.124. The number of hydrogen-bond acceptors (Lipinski definition) is 4. The summed E-state index contributed by atoms with van der Waals surface area (Å²) in [5.41, 5.74) is -0.0109. The van der Waals surface area contributed by atoms with E-state index in [-0.39, 0.29) is 6.61 Å². The zero-order valence-corrected chi connectivity index (χ0v) is 12.3. The minimum Gasteiger partial charge on any atom is -0.465 e. The highest BCUT2D eigenvalue weighted by Gasteiger charge is 2.50. The predicted molar refractivity (Wildman–Crippen MR) is 73.9 cm³/mol. The minimum atomic E-state index is -1.39. The topological polar surface area (TPSA) is 60.4 Å². The van der Waals surface area contributed by atoms with E-state index in [1.165, 1.54) is 6.07 Å². The fourth-order valence-electron chi connectivity index (χ4n) is 2.47. The highest BCUT2D eigenvalue weighted by Crippen LogP contribution is 2.38. The maximum Gasteiger partial charge on any atom is 0.324 e. The van der Waals surface area contributed by atoms with Crippen LogP contribution >= 0.6 is 11.6 Å². The predicted octanol–water partition coefficient (Wildman–Crippen LogP) is 2.56. The van der Waals surface area contributed by atoms with Crippen LogP contribution in [-0.2, 0) is 19.7 Å². The van der Waals surface area contributed by atoms with Crippen LogP contribution in [-0.4, -0.2) is 24.1 Å². The molecule has 0 amide bonds. The van der Waals surface area contributed by atoms with Crippen molar-refractivity contribution >= 4 is 29.1 Å². The van der Waals surface area contributed by atoms with Gasteiger partial charge < -0.3 is 4.74 Å². The molecule has 0 aromatic heterocycles. The fraction of sp³-hybridized carbons (Fsp3) is 0.400. The summed E-state index contributed by atoms with van der Waals surface area (Å²) in [7, 11) is 0. The lowest BCUT2D eigenvalue weighted by molar-refractivity contribution is -0.150. The van der Waals surface area contributed by atoms with Gasteiger partial charge in [0.05, 0.1) is 12.0 Å². The summed E-state index contributed by atoms with van der Waals surface area (Å²) >= 11 is 5.91. The average Bonchev–Trinajstić information content (AvgIpc) is 2.37. The van der Waals surface area contributed by atoms with Crippen molar-refractivity contribution in [3.05, 3.63) is 34.3 Å². The lowest BCUT2D eigenvalue weighted by Crippen LogP contribution is -2.48. The van der Waals surface area contributed by atoms with Gasteiger partial charge >= 0.3 is 5.97 Å². The van der Waals surface area contributed by atoms with E-state index in [0.717, 1.165) is 0 Å². The van der Waals surface area contributed by atoms with Crippen LogP contribution < -0.4 is 0 Å². The number of hydrogen-bond donors (Lipinski definition) is 0. The van der Waals surface area contributed by atoms with Crippen molar-refractivity contribution in [1.82, 2.24) is 0 Å². The molecule has 1 aliphatic rings. The van der Waals surface area contributed by atoms with E-state index in [1.54, 1.807) is 32.9 Å². The number of carbonyl (C=O) groups excluding carboxylic acids is 3. The average molecular weight is 295 g/mol. The van der Waals surface area contributed by atoms with Gasteiger partial charge in [-0.3, -0.25) is 14.4 Å². The molecule has 0 aliphatic heterocycles. The van der Waals surface area contributed by atoms with Gasteiger partial charge in [-0.1, -0.05) is 17.7 Å². The zero-order chi connectivity index (χ0) is 15.1. The van der Waals surface area contributed by atoms with Gasteiger partial charge in [-0.05, 0) is 38.5 Å². The third-order valence-corrected chi connectivity index (χ3v) is 3.82. The highest BCUT2D eigenvalue weighted by atomic mass is 35.5. The molecule has 0 N–H and O–H groups in total. The Morgan fingerprint density at radius 3 is 2.60 bits per heavy atom. The van der Waals surface area contributed by atoms with E-state index >= 15 is 0 Å². The summed E-state index contributed by atoms with van der Waals surface area (Å²) in [6, 6.07) is 4.79. The third-order valence-electron chi connectivity index (χ3n) is 3.58. The molecule has 1 aromatic rings. The molecule has 20 heavy (non-hydrogen) atoms. The quantitative estimate of drug-likeness (QED) is 0.621. The maximum absolute atomic E-state index is 12.5. The molecule has 0 heterocycles. The SMILES string of the molecule is CCOC(=O)C1C(=O)c2cc(Cl)ccc2C(C)(C)C1=O. The molecule has 0 spiro atoms. The van der Waals surface area contributed by atoms with Crippen LogP contribution in [0.5, 0.6) is 0 Å². The molecule has 0 saturated carbocycles.